The molecule has 1 aliphatic carbocycles. The normalized spacial score (nSPS) is 27.7. The molecule has 2 aliphatic rings. The van der Waals surface area contributed by atoms with E-state index in [-0.39, 0.29) is 18.4 Å². The predicted octanol–water partition coefficient (Wildman–Crippen LogP) is 3.43. The Balaban J connectivity index is 1.86. The summed E-state index contributed by atoms with van der Waals surface area (Å²) in [6.07, 6.45) is 2.47. The molecule has 21 heavy (non-hydrogen) atoms. The maximum Gasteiger partial charge on any atom is 0.311 e. The van der Waals surface area contributed by atoms with Crippen molar-refractivity contribution in [3.63, 3.8) is 0 Å². The van der Waals surface area contributed by atoms with E-state index in [1.54, 1.807) is 23.1 Å². The van der Waals surface area contributed by atoms with Crippen molar-refractivity contribution in [1.29, 1.82) is 0 Å². The number of halogens is 2. The lowest BCUT2D eigenvalue weighted by Gasteiger charge is -2.23. The fourth-order valence-corrected chi connectivity index (χ4v) is 4.38. The van der Waals surface area contributed by atoms with Crippen LogP contribution in [0.1, 0.15) is 29.6 Å². The quantitative estimate of drug-likeness (QED) is 0.865. The second kappa shape index (κ2) is 5.29. The zero-order chi connectivity index (χ0) is 15.2. The summed E-state index contributed by atoms with van der Waals surface area (Å²) in [6, 6.07) is 5.12. The maximum absolute atomic E-state index is 12.6. The van der Waals surface area contributed by atoms with Crippen molar-refractivity contribution >= 4 is 39.4 Å². The summed E-state index contributed by atoms with van der Waals surface area (Å²) < 4.78 is 0.810. The molecule has 6 heteroatoms. The van der Waals surface area contributed by atoms with Gasteiger partial charge in [-0.05, 0) is 37.0 Å². The minimum absolute atomic E-state index is 0.0631. The van der Waals surface area contributed by atoms with Gasteiger partial charge < -0.3 is 10.0 Å². The molecule has 112 valence electrons. The SMILES string of the molecule is O=C(c1ccc(Br)cc1Cl)N1C[C@@H]2CCC[C@@]2(C(=O)O)C1. The Labute approximate surface area is 136 Å². The first-order chi connectivity index (χ1) is 9.94. The van der Waals surface area contributed by atoms with Gasteiger partial charge in [0.2, 0.25) is 0 Å². The molecule has 2 fully saturated rings. The van der Waals surface area contributed by atoms with Crippen molar-refractivity contribution in [2.75, 3.05) is 13.1 Å². The molecule has 0 spiro atoms. The minimum Gasteiger partial charge on any atom is -0.481 e. The smallest absolute Gasteiger partial charge is 0.311 e. The van der Waals surface area contributed by atoms with Crippen LogP contribution >= 0.6 is 27.5 Å². The molecule has 1 aromatic rings. The lowest BCUT2D eigenvalue weighted by atomic mass is 9.81. The predicted molar refractivity (Wildman–Crippen MR) is 82.5 cm³/mol. The third kappa shape index (κ3) is 2.36. The fraction of sp³-hybridized carbons (Fsp3) is 0.467. The Morgan fingerprint density at radius 3 is 2.81 bits per heavy atom. The van der Waals surface area contributed by atoms with Gasteiger partial charge in [0.1, 0.15) is 0 Å². The van der Waals surface area contributed by atoms with E-state index in [1.165, 1.54) is 0 Å². The average Bonchev–Trinajstić information content (AvgIpc) is 2.95. The van der Waals surface area contributed by atoms with E-state index in [0.29, 0.717) is 23.6 Å². The van der Waals surface area contributed by atoms with Crippen LogP contribution in [0.4, 0.5) is 0 Å². The summed E-state index contributed by atoms with van der Waals surface area (Å²) in [7, 11) is 0. The Hall–Kier alpha value is -1.07. The zero-order valence-electron chi connectivity index (χ0n) is 11.3. The number of carbonyl (C=O) groups excluding carboxylic acids is 1. The van der Waals surface area contributed by atoms with Gasteiger partial charge in [0.25, 0.3) is 5.91 Å². The Morgan fingerprint density at radius 1 is 1.43 bits per heavy atom. The molecule has 0 bridgehead atoms. The minimum atomic E-state index is -0.776. The summed E-state index contributed by atoms with van der Waals surface area (Å²) in [5.41, 5.74) is -0.322. The van der Waals surface area contributed by atoms with Gasteiger partial charge in [-0.2, -0.15) is 0 Å². The molecular weight excluding hydrogens is 358 g/mol. The average molecular weight is 373 g/mol. The third-order valence-electron chi connectivity index (χ3n) is 4.75. The van der Waals surface area contributed by atoms with Crippen molar-refractivity contribution in [2.24, 2.45) is 11.3 Å². The highest BCUT2D eigenvalue weighted by atomic mass is 79.9. The molecule has 2 atom stereocenters. The summed E-state index contributed by atoms with van der Waals surface area (Å²) in [4.78, 5) is 25.9. The number of aliphatic carboxylic acids is 1. The van der Waals surface area contributed by atoms with Crippen molar-refractivity contribution in [3.8, 4) is 0 Å². The monoisotopic (exact) mass is 371 g/mol. The summed E-state index contributed by atoms with van der Waals surface area (Å²) in [5.74, 6) is -0.891. The highest BCUT2D eigenvalue weighted by molar-refractivity contribution is 9.10. The van der Waals surface area contributed by atoms with Crippen molar-refractivity contribution in [3.05, 3.63) is 33.3 Å². The number of carboxylic acid groups (broad SMARTS) is 1. The number of nitrogens with zero attached hydrogens (tertiary/aromatic N) is 1. The van der Waals surface area contributed by atoms with E-state index < -0.39 is 11.4 Å². The number of rotatable bonds is 2. The van der Waals surface area contributed by atoms with Crippen LogP contribution in [0.15, 0.2) is 22.7 Å². The standard InChI is InChI=1S/C15H15BrClNO3/c16-10-3-4-11(12(17)6-10)13(19)18-7-9-2-1-5-15(9,8-18)14(20)21/h3-4,6,9H,1-2,5,7-8H2,(H,20,21)/t9-,15+/m0/s1. The fourth-order valence-electron chi connectivity index (χ4n) is 3.63. The molecule has 0 radical (unpaired) electrons. The number of carboxylic acids is 1. The molecule has 4 nitrogen and oxygen atoms in total. The molecule has 1 amide bonds. The number of fused-ring (bicyclic) bond motifs is 1. The first-order valence-electron chi connectivity index (χ1n) is 6.92. The topological polar surface area (TPSA) is 57.6 Å². The number of hydrogen-bond acceptors (Lipinski definition) is 2. The first-order valence-corrected chi connectivity index (χ1v) is 8.09. The van der Waals surface area contributed by atoms with E-state index in [9.17, 15) is 14.7 Å². The molecular formula is C15H15BrClNO3. The van der Waals surface area contributed by atoms with Gasteiger partial charge in [0, 0.05) is 17.6 Å². The molecule has 0 aromatic heterocycles. The Bertz CT molecular complexity index is 621. The molecule has 1 N–H and O–H groups in total. The first kappa shape index (κ1) is 14.9. The van der Waals surface area contributed by atoms with E-state index in [0.717, 1.165) is 17.3 Å². The Morgan fingerprint density at radius 2 is 2.19 bits per heavy atom. The van der Waals surface area contributed by atoms with Gasteiger partial charge in [-0.25, -0.2) is 0 Å². The van der Waals surface area contributed by atoms with Crippen LogP contribution in [0, 0.1) is 11.3 Å². The highest BCUT2D eigenvalue weighted by Gasteiger charge is 2.55. The van der Waals surface area contributed by atoms with Gasteiger partial charge in [-0.15, -0.1) is 0 Å². The summed E-state index contributed by atoms with van der Waals surface area (Å²) >= 11 is 9.44. The van der Waals surface area contributed by atoms with Crippen LogP contribution in [0.5, 0.6) is 0 Å². The van der Waals surface area contributed by atoms with Crippen LogP contribution in [-0.2, 0) is 4.79 Å². The van der Waals surface area contributed by atoms with Crippen LogP contribution < -0.4 is 0 Å². The summed E-state index contributed by atoms with van der Waals surface area (Å²) in [6.45, 7) is 0.801. The largest absolute Gasteiger partial charge is 0.481 e. The second-order valence-corrected chi connectivity index (χ2v) is 7.18. The van der Waals surface area contributed by atoms with Crippen LogP contribution in [0.2, 0.25) is 5.02 Å². The van der Waals surface area contributed by atoms with Gasteiger partial charge in [-0.3, -0.25) is 9.59 Å². The van der Waals surface area contributed by atoms with Crippen molar-refractivity contribution in [2.45, 2.75) is 19.3 Å². The number of benzene rings is 1. The van der Waals surface area contributed by atoms with Gasteiger partial charge in [0.15, 0.2) is 0 Å². The van der Waals surface area contributed by atoms with Crippen LogP contribution in [0.3, 0.4) is 0 Å². The number of amides is 1. The number of hydrogen-bond donors (Lipinski definition) is 1. The van der Waals surface area contributed by atoms with E-state index in [1.807, 2.05) is 0 Å². The second-order valence-electron chi connectivity index (χ2n) is 5.86. The van der Waals surface area contributed by atoms with Crippen molar-refractivity contribution < 1.29 is 14.7 Å². The third-order valence-corrected chi connectivity index (χ3v) is 5.55. The zero-order valence-corrected chi connectivity index (χ0v) is 13.7. The molecule has 1 aromatic carbocycles. The summed E-state index contributed by atoms with van der Waals surface area (Å²) in [5, 5.41) is 9.95. The van der Waals surface area contributed by atoms with Crippen LogP contribution in [0.25, 0.3) is 0 Å². The lowest BCUT2D eigenvalue weighted by molar-refractivity contribution is -0.149. The van der Waals surface area contributed by atoms with Crippen LogP contribution in [-0.4, -0.2) is 35.0 Å². The molecule has 1 saturated carbocycles. The number of likely N-dealkylation sites (tertiary alicyclic amines) is 1. The van der Waals surface area contributed by atoms with E-state index in [2.05, 4.69) is 15.9 Å². The molecule has 1 saturated heterocycles. The van der Waals surface area contributed by atoms with Gasteiger partial charge >= 0.3 is 5.97 Å². The molecule has 0 unspecified atom stereocenters. The Kier molecular flexibility index (Phi) is 3.74. The lowest BCUT2D eigenvalue weighted by Crippen LogP contribution is -2.37. The maximum atomic E-state index is 12.6. The molecule has 3 rings (SSSR count). The van der Waals surface area contributed by atoms with Crippen molar-refractivity contribution in [1.82, 2.24) is 4.90 Å². The van der Waals surface area contributed by atoms with Gasteiger partial charge in [0.05, 0.1) is 16.0 Å². The molecule has 1 heterocycles. The van der Waals surface area contributed by atoms with Gasteiger partial charge in [-0.1, -0.05) is 34.0 Å². The number of carbonyl (C=O) groups is 2. The highest BCUT2D eigenvalue weighted by Crippen LogP contribution is 2.49. The van der Waals surface area contributed by atoms with E-state index >= 15 is 0 Å². The van der Waals surface area contributed by atoms with E-state index in [4.69, 9.17) is 11.6 Å². The molecule has 1 aliphatic heterocycles.